The minimum Gasteiger partial charge on any atom is -0.454 e. The molecule has 1 aliphatic heterocycles. The van der Waals surface area contributed by atoms with E-state index in [1.807, 2.05) is 0 Å². The molecule has 1 aliphatic rings. The topological polar surface area (TPSA) is 61.8 Å². The van der Waals surface area contributed by atoms with Gasteiger partial charge in [-0.3, -0.25) is 4.79 Å². The third-order valence-corrected chi connectivity index (χ3v) is 3.47. The van der Waals surface area contributed by atoms with E-state index in [4.69, 9.17) is 14.2 Å². The first-order valence-corrected chi connectivity index (χ1v) is 6.80. The lowest BCUT2D eigenvalue weighted by Crippen LogP contribution is -2.13. The first-order chi connectivity index (χ1) is 9.74. The monoisotopic (exact) mass is 290 g/mol. The molecule has 1 aromatic carbocycles. The molecule has 6 heteroatoms. The molecule has 0 saturated carbocycles. The molecule has 0 fully saturated rings. The van der Waals surface area contributed by atoms with Crippen LogP contribution < -0.4 is 9.47 Å². The van der Waals surface area contributed by atoms with Crippen LogP contribution >= 0.6 is 11.3 Å². The maximum absolute atomic E-state index is 11.9. The number of Topliss-reactive ketones (excluding diaryl/α,β-unsaturated/α-hetero) is 1. The summed E-state index contributed by atoms with van der Waals surface area (Å²) in [6.07, 6.45) is 0. The summed E-state index contributed by atoms with van der Waals surface area (Å²) in [5.41, 5.74) is 0.876. The van der Waals surface area contributed by atoms with Crippen molar-refractivity contribution >= 4 is 23.1 Å². The van der Waals surface area contributed by atoms with Gasteiger partial charge in [-0.2, -0.15) is 11.3 Å². The van der Waals surface area contributed by atoms with Crippen LogP contribution in [0.1, 0.15) is 20.7 Å². The quantitative estimate of drug-likeness (QED) is 0.639. The zero-order valence-electron chi connectivity index (χ0n) is 10.3. The van der Waals surface area contributed by atoms with E-state index >= 15 is 0 Å². The molecule has 3 rings (SSSR count). The Morgan fingerprint density at radius 3 is 2.80 bits per heavy atom. The van der Waals surface area contributed by atoms with Crippen LogP contribution in [0.15, 0.2) is 35.0 Å². The number of hydrogen-bond acceptors (Lipinski definition) is 6. The number of carbonyl (C=O) groups excluding carboxylic acids is 2. The van der Waals surface area contributed by atoms with Crippen LogP contribution in [0.2, 0.25) is 0 Å². The minimum atomic E-state index is -0.500. The summed E-state index contributed by atoms with van der Waals surface area (Å²) in [6.45, 7) is -0.144. The molecule has 0 saturated heterocycles. The highest BCUT2D eigenvalue weighted by Gasteiger charge is 2.17. The van der Waals surface area contributed by atoms with E-state index in [9.17, 15) is 9.59 Å². The molecule has 0 radical (unpaired) electrons. The van der Waals surface area contributed by atoms with Crippen molar-refractivity contribution in [3.05, 3.63) is 46.2 Å². The maximum Gasteiger partial charge on any atom is 0.339 e. The van der Waals surface area contributed by atoms with Gasteiger partial charge in [0, 0.05) is 10.9 Å². The normalized spacial score (nSPS) is 12.2. The van der Waals surface area contributed by atoms with Gasteiger partial charge in [-0.1, -0.05) is 0 Å². The first kappa shape index (κ1) is 12.7. The Kier molecular flexibility index (Phi) is 3.39. The fourth-order valence-corrected chi connectivity index (χ4v) is 2.37. The third-order valence-electron chi connectivity index (χ3n) is 2.79. The molecule has 0 aliphatic carbocycles. The van der Waals surface area contributed by atoms with E-state index in [2.05, 4.69) is 0 Å². The molecular weight excluding hydrogens is 280 g/mol. The molecule has 102 valence electrons. The molecule has 1 aromatic heterocycles. The lowest BCUT2D eigenvalue weighted by molar-refractivity contribution is 0.0475. The molecule has 0 unspecified atom stereocenters. The second-order valence-electron chi connectivity index (χ2n) is 4.08. The summed E-state index contributed by atoms with van der Waals surface area (Å²) < 4.78 is 15.3. The molecule has 5 nitrogen and oxygen atoms in total. The van der Waals surface area contributed by atoms with Crippen molar-refractivity contribution in [1.82, 2.24) is 0 Å². The van der Waals surface area contributed by atoms with Crippen LogP contribution in [0.25, 0.3) is 0 Å². The van der Waals surface area contributed by atoms with Gasteiger partial charge in [-0.05, 0) is 29.6 Å². The van der Waals surface area contributed by atoms with E-state index in [-0.39, 0.29) is 19.2 Å². The van der Waals surface area contributed by atoms with E-state index in [1.54, 1.807) is 35.0 Å². The fourth-order valence-electron chi connectivity index (χ4n) is 1.75. The number of carbonyl (C=O) groups is 2. The van der Waals surface area contributed by atoms with Crippen LogP contribution in [0.3, 0.4) is 0 Å². The van der Waals surface area contributed by atoms with Gasteiger partial charge in [0.05, 0.1) is 5.56 Å². The summed E-state index contributed by atoms with van der Waals surface area (Å²) >= 11 is 1.40. The first-order valence-electron chi connectivity index (χ1n) is 5.86. The van der Waals surface area contributed by atoms with E-state index < -0.39 is 5.97 Å². The van der Waals surface area contributed by atoms with Crippen molar-refractivity contribution in [3.8, 4) is 11.5 Å². The smallest absolute Gasteiger partial charge is 0.339 e. The number of thiophene rings is 1. The highest BCUT2D eigenvalue weighted by atomic mass is 32.1. The average molecular weight is 290 g/mol. The van der Waals surface area contributed by atoms with Gasteiger partial charge in [0.2, 0.25) is 6.79 Å². The number of fused-ring (bicyclic) bond motifs is 1. The molecule has 2 aromatic rings. The Morgan fingerprint density at radius 1 is 1.15 bits per heavy atom. The Balaban J connectivity index is 1.63. The van der Waals surface area contributed by atoms with Gasteiger partial charge >= 0.3 is 5.97 Å². The molecule has 20 heavy (non-hydrogen) atoms. The zero-order valence-corrected chi connectivity index (χ0v) is 11.1. The van der Waals surface area contributed by atoms with Gasteiger partial charge in [-0.15, -0.1) is 0 Å². The molecule has 0 N–H and O–H groups in total. The van der Waals surface area contributed by atoms with Crippen molar-refractivity contribution in [2.24, 2.45) is 0 Å². The Hall–Kier alpha value is -2.34. The number of ether oxygens (including phenoxy) is 3. The third kappa shape index (κ3) is 2.50. The maximum atomic E-state index is 11.9. The molecule has 0 spiro atoms. The van der Waals surface area contributed by atoms with Crippen molar-refractivity contribution in [3.63, 3.8) is 0 Å². The average Bonchev–Trinajstić information content (AvgIpc) is 3.13. The molecule has 0 bridgehead atoms. The summed E-state index contributed by atoms with van der Waals surface area (Å²) in [7, 11) is 0. The number of ketones is 1. The van der Waals surface area contributed by atoms with Crippen LogP contribution in [0.4, 0.5) is 0 Å². The lowest BCUT2D eigenvalue weighted by atomic mass is 10.1. The SMILES string of the molecule is O=C(COC(=O)c1ccsc1)c1ccc2c(c1)OCO2. The summed E-state index contributed by atoms with van der Waals surface area (Å²) in [5.74, 6) is 0.351. The Bertz CT molecular complexity index is 648. The standard InChI is InChI=1S/C14H10O5S/c15-11(6-17-14(16)10-3-4-20-7-10)9-1-2-12-13(5-9)19-8-18-12/h1-5,7H,6,8H2. The second-order valence-corrected chi connectivity index (χ2v) is 4.86. The van der Waals surface area contributed by atoms with Gasteiger partial charge in [0.1, 0.15) is 0 Å². The van der Waals surface area contributed by atoms with E-state index in [1.165, 1.54) is 11.3 Å². The molecule has 2 heterocycles. The van der Waals surface area contributed by atoms with E-state index in [0.717, 1.165) is 0 Å². The molecule has 0 amide bonds. The van der Waals surface area contributed by atoms with Crippen molar-refractivity contribution in [1.29, 1.82) is 0 Å². The summed E-state index contributed by atoms with van der Waals surface area (Å²) in [6, 6.07) is 6.52. The van der Waals surface area contributed by atoms with Crippen LogP contribution in [-0.4, -0.2) is 25.2 Å². The number of rotatable bonds is 4. The second kappa shape index (κ2) is 5.34. The predicted octanol–water partition coefficient (Wildman–Crippen LogP) is 2.52. The van der Waals surface area contributed by atoms with E-state index in [0.29, 0.717) is 22.6 Å². The van der Waals surface area contributed by atoms with Crippen molar-refractivity contribution < 1.29 is 23.8 Å². The highest BCUT2D eigenvalue weighted by Crippen LogP contribution is 2.32. The summed E-state index contributed by atoms with van der Waals surface area (Å²) in [4.78, 5) is 23.6. The molecular formula is C14H10O5S. The largest absolute Gasteiger partial charge is 0.454 e. The predicted molar refractivity (Wildman–Crippen MR) is 71.5 cm³/mol. The van der Waals surface area contributed by atoms with Gasteiger partial charge in [-0.25, -0.2) is 4.79 Å². The Labute approximate surface area is 118 Å². The molecule has 0 atom stereocenters. The van der Waals surface area contributed by atoms with Crippen molar-refractivity contribution in [2.45, 2.75) is 0 Å². The Morgan fingerprint density at radius 2 is 2.00 bits per heavy atom. The van der Waals surface area contributed by atoms with Gasteiger partial charge < -0.3 is 14.2 Å². The zero-order chi connectivity index (χ0) is 13.9. The summed E-state index contributed by atoms with van der Waals surface area (Å²) in [5, 5.41) is 3.45. The fraction of sp³-hybridized carbons (Fsp3) is 0.143. The minimum absolute atomic E-state index is 0.153. The van der Waals surface area contributed by atoms with Crippen LogP contribution in [-0.2, 0) is 4.74 Å². The number of hydrogen-bond donors (Lipinski definition) is 0. The number of benzene rings is 1. The van der Waals surface area contributed by atoms with Crippen molar-refractivity contribution in [2.75, 3.05) is 13.4 Å². The van der Waals surface area contributed by atoms with Gasteiger partial charge in [0.25, 0.3) is 0 Å². The lowest BCUT2D eigenvalue weighted by Gasteiger charge is -2.04. The van der Waals surface area contributed by atoms with Crippen LogP contribution in [0, 0.1) is 0 Å². The number of esters is 1. The van der Waals surface area contributed by atoms with Gasteiger partial charge in [0.15, 0.2) is 23.9 Å². The van der Waals surface area contributed by atoms with Crippen LogP contribution in [0.5, 0.6) is 11.5 Å². The highest BCUT2D eigenvalue weighted by molar-refractivity contribution is 7.08.